The molecule has 3 N–H and O–H groups in total. The van der Waals surface area contributed by atoms with E-state index in [4.69, 9.17) is 0 Å². The molecule has 4 heavy (non-hydrogen) atoms. The van der Waals surface area contributed by atoms with E-state index >= 15 is 0 Å². The van der Waals surface area contributed by atoms with Crippen molar-refractivity contribution in [2.45, 2.75) is 0 Å². The Morgan fingerprint density at radius 1 is 1.25 bits per heavy atom. The SMILES string of the molecule is N.[Co].[S]=[Ni]. The van der Waals surface area contributed by atoms with Gasteiger partial charge in [-0.05, 0) is 0 Å². The third-order valence-corrected chi connectivity index (χ3v) is 0. The Labute approximate surface area is 47.6 Å². The van der Waals surface area contributed by atoms with E-state index in [0.717, 1.165) is 0 Å². The summed E-state index contributed by atoms with van der Waals surface area (Å²) in [5, 5.41) is 0. The maximum atomic E-state index is 3.71. The van der Waals surface area contributed by atoms with Gasteiger partial charge in [0.15, 0.2) is 0 Å². The molecule has 0 aromatic rings. The Bertz CT molecular complexity index is 8.00. The van der Waals surface area contributed by atoms with Crippen molar-refractivity contribution in [3.8, 4) is 0 Å². The molecular formula is H3CoNNiS. The average molecular weight is 167 g/mol. The van der Waals surface area contributed by atoms with Crippen molar-refractivity contribution < 1.29 is 30.6 Å². The Kier molecular flexibility index (Phi) is 145. The Balaban J connectivity index is -0.00000000500. The third-order valence-electron chi connectivity index (χ3n) is 0. The van der Waals surface area contributed by atoms with E-state index in [1.807, 2.05) is 0 Å². The van der Waals surface area contributed by atoms with Crippen LogP contribution in [-0.2, 0) is 30.6 Å². The van der Waals surface area contributed by atoms with Crippen molar-refractivity contribution in [3.05, 3.63) is 0 Å². The van der Waals surface area contributed by atoms with Crippen LogP contribution < -0.4 is 6.15 Å². The molecule has 0 amide bonds. The zero-order valence-corrected chi connectivity index (χ0v) is 4.61. The molecule has 0 fully saturated rings. The van der Waals surface area contributed by atoms with E-state index in [1.54, 1.807) is 0 Å². The van der Waals surface area contributed by atoms with Gasteiger partial charge in [-0.2, -0.15) is 0 Å². The molecule has 0 bridgehead atoms. The predicted octanol–water partition coefficient (Wildman–Crippen LogP) is 0.805. The molecule has 1 radical (unpaired) electrons. The van der Waals surface area contributed by atoms with Crippen LogP contribution in [0.3, 0.4) is 0 Å². The van der Waals surface area contributed by atoms with Crippen LogP contribution in [0.1, 0.15) is 0 Å². The Morgan fingerprint density at radius 2 is 1.25 bits per heavy atom. The van der Waals surface area contributed by atoms with E-state index in [0.29, 0.717) is 0 Å². The van der Waals surface area contributed by atoms with Crippen LogP contribution in [0.4, 0.5) is 0 Å². The molecule has 0 aromatic heterocycles. The van der Waals surface area contributed by atoms with Gasteiger partial charge in [0.05, 0.1) is 0 Å². The second kappa shape index (κ2) is 30.4. The summed E-state index contributed by atoms with van der Waals surface area (Å²) in [7, 11) is 3.71. The molecule has 0 spiro atoms. The van der Waals surface area contributed by atoms with Crippen LogP contribution in [-0.4, -0.2) is 0 Å². The van der Waals surface area contributed by atoms with E-state index in [-0.39, 0.29) is 22.9 Å². The second-order valence-electron chi connectivity index (χ2n) is 0. The normalized spacial score (nSPS) is 1.50. The fraction of sp³-hybridized carbons (Fsp3) is 0. The van der Waals surface area contributed by atoms with Gasteiger partial charge in [0, 0.05) is 16.8 Å². The number of rotatable bonds is 0. The van der Waals surface area contributed by atoms with E-state index in [9.17, 15) is 0 Å². The predicted molar refractivity (Wildman–Crippen MR) is 12.6 cm³/mol. The maximum absolute atomic E-state index is 3.71. The molecule has 0 aliphatic carbocycles. The topological polar surface area (TPSA) is 35.0 Å². The zero-order chi connectivity index (χ0) is 2.00. The van der Waals surface area contributed by atoms with Gasteiger partial charge in [-0.3, -0.25) is 0 Å². The summed E-state index contributed by atoms with van der Waals surface area (Å²) >= 11 is 3.46. The molecule has 0 aromatic carbocycles. The summed E-state index contributed by atoms with van der Waals surface area (Å²) in [4.78, 5) is 0. The van der Waals surface area contributed by atoms with Crippen molar-refractivity contribution in [1.82, 2.24) is 6.15 Å². The molecule has 0 aliphatic heterocycles. The van der Waals surface area contributed by atoms with Gasteiger partial charge in [-0.1, -0.05) is 0 Å². The van der Waals surface area contributed by atoms with Gasteiger partial charge in [0.1, 0.15) is 0 Å². The van der Waals surface area contributed by atoms with Crippen molar-refractivity contribution in [2.75, 3.05) is 0 Å². The third kappa shape index (κ3) is 10.9. The van der Waals surface area contributed by atoms with Crippen molar-refractivity contribution >= 4 is 10.7 Å². The molecule has 0 aliphatic rings. The molecule has 0 saturated heterocycles. The monoisotopic (exact) mass is 166 g/mol. The quantitative estimate of drug-likeness (QED) is 0.541. The summed E-state index contributed by atoms with van der Waals surface area (Å²) in [6, 6.07) is 0. The van der Waals surface area contributed by atoms with Gasteiger partial charge in [0.2, 0.25) is 0 Å². The van der Waals surface area contributed by atoms with Gasteiger partial charge in [0.25, 0.3) is 0 Å². The first-order valence-corrected chi connectivity index (χ1v) is 1.60. The molecule has 33 valence electrons. The van der Waals surface area contributed by atoms with Crippen LogP contribution in [0.5, 0.6) is 0 Å². The van der Waals surface area contributed by atoms with Gasteiger partial charge in [-0.25, -0.2) is 0 Å². The summed E-state index contributed by atoms with van der Waals surface area (Å²) in [6.45, 7) is 0. The molecule has 4 heteroatoms. The summed E-state index contributed by atoms with van der Waals surface area (Å²) < 4.78 is 0. The molecular weight excluding hydrogens is 164 g/mol. The van der Waals surface area contributed by atoms with Crippen LogP contribution in [0.25, 0.3) is 0 Å². The first kappa shape index (κ1) is 19.0. The summed E-state index contributed by atoms with van der Waals surface area (Å²) in [5.41, 5.74) is 0. The van der Waals surface area contributed by atoms with E-state index < -0.39 is 0 Å². The fourth-order valence-corrected chi connectivity index (χ4v) is 0. The van der Waals surface area contributed by atoms with Crippen LogP contribution in [0.15, 0.2) is 0 Å². The van der Waals surface area contributed by atoms with Crippen molar-refractivity contribution in [3.63, 3.8) is 0 Å². The van der Waals surface area contributed by atoms with Crippen LogP contribution in [0, 0.1) is 0 Å². The first-order valence-electron chi connectivity index (χ1n) is 0.129. The molecule has 0 heterocycles. The number of hydrogen-bond acceptors (Lipinski definition) is 2. The Hall–Kier alpha value is 1.18. The number of hydrogen-bond donors (Lipinski definition) is 1. The Morgan fingerprint density at radius 3 is 1.25 bits per heavy atom. The van der Waals surface area contributed by atoms with E-state index in [1.165, 1.54) is 0 Å². The molecule has 0 unspecified atom stereocenters. The zero-order valence-electron chi connectivity index (χ0n) is 1.76. The molecule has 0 saturated carbocycles. The fourth-order valence-electron chi connectivity index (χ4n) is 0. The van der Waals surface area contributed by atoms with E-state index in [2.05, 4.69) is 24.5 Å². The average Bonchev–Trinajstić information content (AvgIpc) is 1.00. The molecule has 0 atom stereocenters. The standard InChI is InChI=1S/Co.H3N.Ni.S/h;1H3;;. The minimum absolute atomic E-state index is 0. The molecule has 1 nitrogen and oxygen atoms in total. The van der Waals surface area contributed by atoms with Gasteiger partial charge >= 0.3 is 24.5 Å². The van der Waals surface area contributed by atoms with Crippen LogP contribution >= 0.6 is 10.7 Å². The summed E-state index contributed by atoms with van der Waals surface area (Å²) in [6.07, 6.45) is 0. The van der Waals surface area contributed by atoms with Crippen LogP contribution in [0.2, 0.25) is 0 Å². The van der Waals surface area contributed by atoms with Crippen molar-refractivity contribution in [1.29, 1.82) is 0 Å². The summed E-state index contributed by atoms with van der Waals surface area (Å²) in [5.74, 6) is 0. The second-order valence-corrected chi connectivity index (χ2v) is 0. The minimum atomic E-state index is 0. The molecule has 0 rings (SSSR count). The van der Waals surface area contributed by atoms with Gasteiger partial charge < -0.3 is 6.15 Å². The van der Waals surface area contributed by atoms with Gasteiger partial charge in [-0.15, -0.1) is 0 Å². The van der Waals surface area contributed by atoms with Crippen molar-refractivity contribution in [2.24, 2.45) is 0 Å². The first-order chi connectivity index (χ1) is 1.00.